The Morgan fingerprint density at radius 1 is 0.943 bits per heavy atom. The van der Waals surface area contributed by atoms with Gasteiger partial charge in [0.15, 0.2) is 0 Å². The van der Waals surface area contributed by atoms with Crippen molar-refractivity contribution >= 4 is 62.7 Å². The number of nitrogens with one attached hydrogen (secondary N) is 1. The average Bonchev–Trinajstić information content (AvgIpc) is 2.84. The van der Waals surface area contributed by atoms with Gasteiger partial charge in [0.1, 0.15) is 6.04 Å². The van der Waals surface area contributed by atoms with Gasteiger partial charge in [0.25, 0.3) is 0 Å². The van der Waals surface area contributed by atoms with E-state index < -0.39 is 6.04 Å². The Hall–Kier alpha value is -1.99. The maximum atomic E-state index is 13.6. The third-order valence-corrected chi connectivity index (χ3v) is 7.56. The molecule has 0 aliphatic heterocycles. The summed E-state index contributed by atoms with van der Waals surface area (Å²) in [5.41, 5.74) is 2.93. The Labute approximate surface area is 229 Å². The van der Waals surface area contributed by atoms with Gasteiger partial charge in [0, 0.05) is 29.7 Å². The average molecular weight is 594 g/mol. The molecule has 0 saturated carbocycles. The Balaban J connectivity index is 1.82. The highest BCUT2D eigenvalue weighted by atomic mass is 79.9. The minimum atomic E-state index is -0.630. The van der Waals surface area contributed by atoms with Crippen LogP contribution in [-0.2, 0) is 28.3 Å². The van der Waals surface area contributed by atoms with Crippen LogP contribution in [0.3, 0.4) is 0 Å². The maximum absolute atomic E-state index is 13.6. The molecule has 3 rings (SSSR count). The summed E-state index contributed by atoms with van der Waals surface area (Å²) in [6.07, 6.45) is 0.434. The van der Waals surface area contributed by atoms with Crippen molar-refractivity contribution in [3.05, 3.63) is 104 Å². The van der Waals surface area contributed by atoms with Crippen molar-refractivity contribution in [3.8, 4) is 0 Å². The molecule has 184 valence electrons. The van der Waals surface area contributed by atoms with E-state index in [9.17, 15) is 9.59 Å². The molecule has 1 unspecified atom stereocenters. The van der Waals surface area contributed by atoms with E-state index in [1.165, 1.54) is 11.8 Å². The van der Waals surface area contributed by atoms with Gasteiger partial charge >= 0.3 is 0 Å². The van der Waals surface area contributed by atoms with Gasteiger partial charge in [-0.05, 0) is 47.9 Å². The Morgan fingerprint density at radius 2 is 1.69 bits per heavy atom. The van der Waals surface area contributed by atoms with E-state index in [0.29, 0.717) is 35.3 Å². The van der Waals surface area contributed by atoms with Crippen LogP contribution in [-0.4, -0.2) is 35.1 Å². The molecule has 1 N–H and O–H groups in total. The molecule has 0 aliphatic carbocycles. The molecule has 2 amide bonds. The summed E-state index contributed by atoms with van der Waals surface area (Å²) in [6.45, 7) is 2.71. The highest BCUT2D eigenvalue weighted by Gasteiger charge is 2.30. The van der Waals surface area contributed by atoms with Gasteiger partial charge in [0.2, 0.25) is 11.8 Å². The van der Waals surface area contributed by atoms with E-state index in [1.807, 2.05) is 73.7 Å². The number of nitrogens with zero attached hydrogens (tertiary/aromatic N) is 1. The predicted octanol–water partition coefficient (Wildman–Crippen LogP) is 6.77. The second-order valence-corrected chi connectivity index (χ2v) is 10.7. The van der Waals surface area contributed by atoms with E-state index >= 15 is 0 Å². The summed E-state index contributed by atoms with van der Waals surface area (Å²) in [7, 11) is 0. The normalized spacial score (nSPS) is 11.7. The molecular formula is C27H27BrCl2N2O2S. The lowest BCUT2D eigenvalue weighted by Gasteiger charge is -2.31. The number of hydrogen-bond donors (Lipinski definition) is 1. The number of thioether (sulfide) groups is 1. The molecule has 8 heteroatoms. The number of benzene rings is 3. The second kappa shape index (κ2) is 13.9. The molecular weight excluding hydrogens is 567 g/mol. The zero-order valence-corrected chi connectivity index (χ0v) is 23.3. The standard InChI is InChI=1S/C27H27BrCl2N2O2S/c1-2-31-27(34)25(15-19-7-4-3-5-8-19)32(16-20-9-6-10-22(28)13-20)26(33)18-35-17-21-11-12-23(29)24(30)14-21/h3-14,25H,2,15-18H2,1H3,(H,31,34). The first-order valence-electron chi connectivity index (χ1n) is 11.2. The number of carbonyl (C=O) groups excluding carboxylic acids is 2. The molecule has 0 heterocycles. The number of hydrogen-bond acceptors (Lipinski definition) is 3. The monoisotopic (exact) mass is 592 g/mol. The number of carbonyl (C=O) groups is 2. The van der Waals surface area contributed by atoms with E-state index in [0.717, 1.165) is 21.2 Å². The van der Waals surface area contributed by atoms with Crippen LogP contribution >= 0.6 is 50.9 Å². The van der Waals surface area contributed by atoms with Crippen LogP contribution < -0.4 is 5.32 Å². The van der Waals surface area contributed by atoms with Crippen LogP contribution in [0.4, 0.5) is 0 Å². The molecule has 0 radical (unpaired) electrons. The fourth-order valence-corrected chi connectivity index (χ4v) is 5.27. The first kappa shape index (κ1) is 27.6. The van der Waals surface area contributed by atoms with Crippen molar-refractivity contribution in [3.63, 3.8) is 0 Å². The first-order valence-corrected chi connectivity index (χ1v) is 13.9. The van der Waals surface area contributed by atoms with E-state index in [-0.39, 0.29) is 17.6 Å². The zero-order valence-electron chi connectivity index (χ0n) is 19.3. The number of halogens is 3. The molecule has 0 aromatic heterocycles. The molecule has 0 aliphatic rings. The van der Waals surface area contributed by atoms with Crippen LogP contribution in [0.25, 0.3) is 0 Å². The molecule has 3 aromatic rings. The van der Waals surface area contributed by atoms with Crippen LogP contribution in [0.2, 0.25) is 10.0 Å². The summed E-state index contributed by atoms with van der Waals surface area (Å²) in [6, 6.07) is 22.4. The van der Waals surface area contributed by atoms with Gasteiger partial charge in [-0.25, -0.2) is 0 Å². The van der Waals surface area contributed by atoms with Gasteiger partial charge in [0.05, 0.1) is 15.8 Å². The van der Waals surface area contributed by atoms with Gasteiger partial charge in [-0.2, -0.15) is 0 Å². The molecule has 4 nitrogen and oxygen atoms in total. The van der Waals surface area contributed by atoms with E-state index in [1.54, 1.807) is 11.0 Å². The predicted molar refractivity (Wildman–Crippen MR) is 150 cm³/mol. The summed E-state index contributed by atoms with van der Waals surface area (Å²) >= 11 is 17.1. The SMILES string of the molecule is CCNC(=O)C(Cc1ccccc1)N(Cc1cccc(Br)c1)C(=O)CSCc1ccc(Cl)c(Cl)c1. The summed E-state index contributed by atoms with van der Waals surface area (Å²) in [5, 5.41) is 3.91. The lowest BCUT2D eigenvalue weighted by molar-refractivity contribution is -0.139. The smallest absolute Gasteiger partial charge is 0.243 e. The summed E-state index contributed by atoms with van der Waals surface area (Å²) < 4.78 is 0.925. The molecule has 0 spiro atoms. The van der Waals surface area contributed by atoms with Crippen LogP contribution in [0, 0.1) is 0 Å². The minimum Gasteiger partial charge on any atom is -0.355 e. The zero-order chi connectivity index (χ0) is 25.2. The minimum absolute atomic E-state index is 0.0952. The molecule has 0 saturated heterocycles. The lowest BCUT2D eigenvalue weighted by atomic mass is 10.0. The summed E-state index contributed by atoms with van der Waals surface area (Å²) in [5.74, 6) is 0.591. The summed E-state index contributed by atoms with van der Waals surface area (Å²) in [4.78, 5) is 28.4. The number of amides is 2. The quantitative estimate of drug-likeness (QED) is 0.267. The molecule has 0 fully saturated rings. The van der Waals surface area contributed by atoms with Crippen molar-refractivity contribution in [1.29, 1.82) is 0 Å². The van der Waals surface area contributed by atoms with Crippen molar-refractivity contribution < 1.29 is 9.59 Å². The highest BCUT2D eigenvalue weighted by Crippen LogP contribution is 2.25. The number of likely N-dealkylation sites (N-methyl/N-ethyl adjacent to an activating group) is 1. The van der Waals surface area contributed by atoms with E-state index in [4.69, 9.17) is 23.2 Å². The van der Waals surface area contributed by atoms with Crippen molar-refractivity contribution in [2.75, 3.05) is 12.3 Å². The fraction of sp³-hybridized carbons (Fsp3) is 0.259. The Kier molecular flexibility index (Phi) is 11.0. The van der Waals surface area contributed by atoms with Gasteiger partial charge in [-0.1, -0.05) is 87.7 Å². The molecule has 3 aromatic carbocycles. The Morgan fingerprint density at radius 3 is 2.37 bits per heavy atom. The maximum Gasteiger partial charge on any atom is 0.243 e. The molecule has 1 atom stereocenters. The first-order chi connectivity index (χ1) is 16.9. The van der Waals surface area contributed by atoms with Gasteiger partial charge in [-0.15, -0.1) is 11.8 Å². The largest absolute Gasteiger partial charge is 0.355 e. The fourth-order valence-electron chi connectivity index (χ4n) is 3.65. The van der Waals surface area contributed by atoms with Crippen LogP contribution in [0.5, 0.6) is 0 Å². The van der Waals surface area contributed by atoms with Crippen molar-refractivity contribution in [1.82, 2.24) is 10.2 Å². The van der Waals surface area contributed by atoms with Gasteiger partial charge in [-0.3, -0.25) is 9.59 Å². The Bertz CT molecular complexity index is 1150. The van der Waals surface area contributed by atoms with Crippen LogP contribution in [0.15, 0.2) is 77.3 Å². The van der Waals surface area contributed by atoms with E-state index in [2.05, 4.69) is 21.2 Å². The third-order valence-electron chi connectivity index (χ3n) is 5.34. The van der Waals surface area contributed by atoms with Crippen LogP contribution in [0.1, 0.15) is 23.6 Å². The second-order valence-electron chi connectivity index (χ2n) is 7.99. The van der Waals surface area contributed by atoms with Crippen molar-refractivity contribution in [2.24, 2.45) is 0 Å². The van der Waals surface area contributed by atoms with Crippen molar-refractivity contribution in [2.45, 2.75) is 31.7 Å². The highest BCUT2D eigenvalue weighted by molar-refractivity contribution is 9.10. The molecule has 0 bridgehead atoms. The lowest BCUT2D eigenvalue weighted by Crippen LogP contribution is -2.51. The molecule has 35 heavy (non-hydrogen) atoms. The third kappa shape index (κ3) is 8.57. The van der Waals surface area contributed by atoms with Gasteiger partial charge < -0.3 is 10.2 Å². The number of rotatable bonds is 11. The topological polar surface area (TPSA) is 49.4 Å².